The number of hydrogen-bond acceptors (Lipinski definition) is 2. The second-order valence-corrected chi connectivity index (χ2v) is 5.72. The van der Waals surface area contributed by atoms with Gasteiger partial charge in [-0.25, -0.2) is 0 Å². The Morgan fingerprint density at radius 2 is 1.69 bits per heavy atom. The molecule has 1 aliphatic rings. The summed E-state index contributed by atoms with van der Waals surface area (Å²) in [7, 11) is 2.30. The van der Waals surface area contributed by atoms with E-state index in [-0.39, 0.29) is 0 Å². The van der Waals surface area contributed by atoms with E-state index in [2.05, 4.69) is 44.5 Å². The molecule has 13 heavy (non-hydrogen) atoms. The van der Waals surface area contributed by atoms with Gasteiger partial charge in [-0.15, -0.1) is 0 Å². The molecule has 0 aliphatic carbocycles. The third-order valence-electron chi connectivity index (χ3n) is 3.37. The summed E-state index contributed by atoms with van der Waals surface area (Å²) in [5.41, 5.74) is 0. The summed E-state index contributed by atoms with van der Waals surface area (Å²) >= 11 is 2.11. The van der Waals surface area contributed by atoms with E-state index in [1.165, 1.54) is 24.3 Å². The lowest BCUT2D eigenvalue weighted by atomic mass is 10.0. The summed E-state index contributed by atoms with van der Waals surface area (Å²) in [6.07, 6.45) is 2.77. The summed E-state index contributed by atoms with van der Waals surface area (Å²) in [4.78, 5) is 2.59. The van der Waals surface area contributed by atoms with Crippen LogP contribution in [-0.4, -0.2) is 35.5 Å². The summed E-state index contributed by atoms with van der Waals surface area (Å²) in [5, 5.41) is 0. The predicted molar refractivity (Wildman–Crippen MR) is 62.4 cm³/mol. The third-order valence-corrected chi connectivity index (χ3v) is 4.42. The minimum Gasteiger partial charge on any atom is -0.300 e. The van der Waals surface area contributed by atoms with E-state index < -0.39 is 0 Å². The largest absolute Gasteiger partial charge is 0.300 e. The Hall–Kier alpha value is 0.310. The fourth-order valence-electron chi connectivity index (χ4n) is 1.90. The van der Waals surface area contributed by atoms with Crippen molar-refractivity contribution in [1.82, 2.24) is 4.90 Å². The van der Waals surface area contributed by atoms with Crippen LogP contribution in [0.4, 0.5) is 0 Å². The van der Waals surface area contributed by atoms with Crippen molar-refractivity contribution in [2.75, 3.05) is 18.6 Å². The Bertz CT molecular complexity index is 141. The molecule has 0 saturated carbocycles. The van der Waals surface area contributed by atoms with E-state index in [1.54, 1.807) is 0 Å². The van der Waals surface area contributed by atoms with Gasteiger partial charge in [-0.1, -0.05) is 13.8 Å². The van der Waals surface area contributed by atoms with Gasteiger partial charge in [0.15, 0.2) is 0 Å². The van der Waals surface area contributed by atoms with Crippen LogP contribution in [0.3, 0.4) is 0 Å². The van der Waals surface area contributed by atoms with Crippen molar-refractivity contribution >= 4 is 11.8 Å². The fraction of sp³-hybridized carbons (Fsp3) is 1.00. The molecule has 1 aliphatic heterocycles. The molecule has 0 aromatic rings. The van der Waals surface area contributed by atoms with Crippen LogP contribution in [0.25, 0.3) is 0 Å². The maximum Gasteiger partial charge on any atom is 0.0111 e. The summed E-state index contributed by atoms with van der Waals surface area (Å²) in [5.74, 6) is 3.50. The standard InChI is InChI=1S/C11H23NS/c1-9(2)10(3)12(4)11-5-7-13-8-6-11/h9-11H,5-8H2,1-4H3. The zero-order chi connectivity index (χ0) is 9.84. The first-order valence-electron chi connectivity index (χ1n) is 5.42. The van der Waals surface area contributed by atoms with Gasteiger partial charge in [0.05, 0.1) is 0 Å². The molecule has 0 aromatic heterocycles. The Labute approximate surface area is 87.3 Å². The van der Waals surface area contributed by atoms with E-state index in [1.807, 2.05) is 0 Å². The molecule has 1 fully saturated rings. The zero-order valence-corrected chi connectivity index (χ0v) is 10.2. The quantitative estimate of drug-likeness (QED) is 0.691. The lowest BCUT2D eigenvalue weighted by Crippen LogP contribution is -2.43. The lowest BCUT2D eigenvalue weighted by Gasteiger charge is -2.37. The highest BCUT2D eigenvalue weighted by Gasteiger charge is 2.23. The molecule has 0 bridgehead atoms. The smallest absolute Gasteiger partial charge is 0.0111 e. The van der Waals surface area contributed by atoms with Gasteiger partial charge in [0, 0.05) is 12.1 Å². The number of thioether (sulfide) groups is 1. The zero-order valence-electron chi connectivity index (χ0n) is 9.42. The predicted octanol–water partition coefficient (Wildman–Crippen LogP) is 2.86. The Balaban J connectivity index is 2.40. The van der Waals surface area contributed by atoms with Crippen LogP contribution >= 0.6 is 11.8 Å². The highest BCUT2D eigenvalue weighted by molar-refractivity contribution is 7.99. The van der Waals surface area contributed by atoms with E-state index in [9.17, 15) is 0 Å². The second-order valence-electron chi connectivity index (χ2n) is 4.49. The van der Waals surface area contributed by atoms with Crippen LogP contribution in [-0.2, 0) is 0 Å². The van der Waals surface area contributed by atoms with E-state index in [0.29, 0.717) is 0 Å². The van der Waals surface area contributed by atoms with Crippen molar-refractivity contribution in [3.8, 4) is 0 Å². The van der Waals surface area contributed by atoms with Crippen molar-refractivity contribution in [3.63, 3.8) is 0 Å². The van der Waals surface area contributed by atoms with Crippen molar-refractivity contribution < 1.29 is 0 Å². The highest BCUT2D eigenvalue weighted by atomic mass is 32.2. The van der Waals surface area contributed by atoms with Crippen LogP contribution in [0.1, 0.15) is 33.6 Å². The molecule has 1 unspecified atom stereocenters. The first-order chi connectivity index (χ1) is 6.13. The molecular formula is C11H23NS. The average Bonchev–Trinajstić information content (AvgIpc) is 2.17. The van der Waals surface area contributed by atoms with Crippen LogP contribution in [0, 0.1) is 5.92 Å². The topological polar surface area (TPSA) is 3.24 Å². The van der Waals surface area contributed by atoms with Crippen LogP contribution < -0.4 is 0 Å². The Morgan fingerprint density at radius 1 is 1.15 bits per heavy atom. The van der Waals surface area contributed by atoms with Gasteiger partial charge in [-0.05, 0) is 44.2 Å². The molecule has 0 radical (unpaired) electrons. The molecular weight excluding hydrogens is 178 g/mol. The van der Waals surface area contributed by atoms with Crippen molar-refractivity contribution in [2.45, 2.75) is 45.7 Å². The van der Waals surface area contributed by atoms with Crippen molar-refractivity contribution in [1.29, 1.82) is 0 Å². The third kappa shape index (κ3) is 3.17. The average molecular weight is 201 g/mol. The molecule has 1 saturated heterocycles. The molecule has 78 valence electrons. The Kier molecular flexibility index (Phi) is 4.60. The molecule has 1 atom stereocenters. The van der Waals surface area contributed by atoms with Crippen LogP contribution in [0.15, 0.2) is 0 Å². The van der Waals surface area contributed by atoms with Crippen LogP contribution in [0.2, 0.25) is 0 Å². The minimum absolute atomic E-state index is 0.730. The summed E-state index contributed by atoms with van der Waals surface area (Å²) in [6.45, 7) is 6.99. The fourth-order valence-corrected chi connectivity index (χ4v) is 2.98. The SMILES string of the molecule is CC(C)C(C)N(C)C1CCSCC1. The molecule has 1 rings (SSSR count). The first kappa shape index (κ1) is 11.4. The maximum atomic E-state index is 2.59. The highest BCUT2D eigenvalue weighted by Crippen LogP contribution is 2.23. The molecule has 0 amide bonds. The van der Waals surface area contributed by atoms with Gasteiger partial charge in [0.25, 0.3) is 0 Å². The van der Waals surface area contributed by atoms with E-state index in [4.69, 9.17) is 0 Å². The van der Waals surface area contributed by atoms with Crippen molar-refractivity contribution in [3.05, 3.63) is 0 Å². The molecule has 0 N–H and O–H groups in total. The van der Waals surface area contributed by atoms with Crippen molar-refractivity contribution in [2.24, 2.45) is 5.92 Å². The van der Waals surface area contributed by atoms with E-state index in [0.717, 1.165) is 18.0 Å². The molecule has 1 nitrogen and oxygen atoms in total. The molecule has 1 heterocycles. The molecule has 0 aromatic carbocycles. The van der Waals surface area contributed by atoms with E-state index >= 15 is 0 Å². The summed E-state index contributed by atoms with van der Waals surface area (Å²) in [6, 6.07) is 1.58. The Morgan fingerprint density at radius 3 is 2.15 bits per heavy atom. The van der Waals surface area contributed by atoms with Gasteiger partial charge in [0.2, 0.25) is 0 Å². The van der Waals surface area contributed by atoms with Gasteiger partial charge < -0.3 is 4.90 Å². The first-order valence-corrected chi connectivity index (χ1v) is 6.58. The maximum absolute atomic E-state index is 2.59. The van der Waals surface area contributed by atoms with Crippen LogP contribution in [0.5, 0.6) is 0 Å². The monoisotopic (exact) mass is 201 g/mol. The normalized spacial score (nSPS) is 22.6. The number of hydrogen-bond donors (Lipinski definition) is 0. The van der Waals surface area contributed by atoms with Gasteiger partial charge in [0.1, 0.15) is 0 Å². The summed E-state index contributed by atoms with van der Waals surface area (Å²) < 4.78 is 0. The van der Waals surface area contributed by atoms with Gasteiger partial charge in [-0.3, -0.25) is 0 Å². The molecule has 0 spiro atoms. The van der Waals surface area contributed by atoms with Gasteiger partial charge >= 0.3 is 0 Å². The number of nitrogens with zero attached hydrogens (tertiary/aromatic N) is 1. The number of rotatable bonds is 3. The minimum atomic E-state index is 0.730. The molecule has 2 heteroatoms. The van der Waals surface area contributed by atoms with Gasteiger partial charge in [-0.2, -0.15) is 11.8 Å². The second kappa shape index (κ2) is 5.26. The lowest BCUT2D eigenvalue weighted by molar-refractivity contribution is 0.140.